The van der Waals surface area contributed by atoms with Gasteiger partial charge in [0.1, 0.15) is 30.3 Å². The van der Waals surface area contributed by atoms with Gasteiger partial charge in [-0.2, -0.15) is 5.26 Å². The van der Waals surface area contributed by atoms with Gasteiger partial charge in [-0.3, -0.25) is 14.3 Å². The molecular weight excluding hydrogens is 470 g/mol. The van der Waals surface area contributed by atoms with Crippen LogP contribution in [0.15, 0.2) is 41.1 Å². The monoisotopic (exact) mass is 497 g/mol. The molecule has 6 rings (SSSR count). The number of ether oxygens (including phenoxy) is 1. The Morgan fingerprint density at radius 1 is 1.27 bits per heavy atom. The van der Waals surface area contributed by atoms with Gasteiger partial charge in [-0.1, -0.05) is 11.2 Å². The highest BCUT2D eigenvalue weighted by Gasteiger charge is 2.36. The summed E-state index contributed by atoms with van der Waals surface area (Å²) in [6, 6.07) is 11.7. The number of nitrogens with zero attached hydrogens (tertiary/aromatic N) is 7. The predicted octanol–water partition coefficient (Wildman–Crippen LogP) is 3.64. The molecule has 2 atom stereocenters. The van der Waals surface area contributed by atoms with Crippen molar-refractivity contribution in [2.24, 2.45) is 0 Å². The Morgan fingerprint density at radius 2 is 2.14 bits per heavy atom. The van der Waals surface area contributed by atoms with E-state index < -0.39 is 0 Å². The highest BCUT2D eigenvalue weighted by Crippen LogP contribution is 2.46. The molecule has 1 saturated heterocycles. The summed E-state index contributed by atoms with van der Waals surface area (Å²) in [5.74, 6) is 2.17. The number of rotatable bonds is 5. The third-order valence-electron chi connectivity index (χ3n) is 7.43. The van der Waals surface area contributed by atoms with E-state index in [1.807, 2.05) is 50.2 Å². The van der Waals surface area contributed by atoms with Crippen LogP contribution in [0.2, 0.25) is 0 Å². The van der Waals surface area contributed by atoms with Gasteiger partial charge >= 0.3 is 0 Å². The van der Waals surface area contributed by atoms with Gasteiger partial charge in [-0.05, 0) is 44.5 Å². The van der Waals surface area contributed by atoms with E-state index in [0.717, 1.165) is 64.0 Å². The Morgan fingerprint density at radius 3 is 2.86 bits per heavy atom. The van der Waals surface area contributed by atoms with E-state index in [9.17, 15) is 4.79 Å². The van der Waals surface area contributed by atoms with Crippen molar-refractivity contribution in [1.82, 2.24) is 24.6 Å². The van der Waals surface area contributed by atoms with Crippen LogP contribution in [0.4, 0.5) is 5.95 Å². The fourth-order valence-corrected chi connectivity index (χ4v) is 5.54. The van der Waals surface area contributed by atoms with Crippen molar-refractivity contribution in [2.75, 3.05) is 31.6 Å². The lowest BCUT2D eigenvalue weighted by molar-refractivity contribution is -0.130. The third kappa shape index (κ3) is 3.69. The highest BCUT2D eigenvalue weighted by atomic mass is 16.5. The average Bonchev–Trinajstić information content (AvgIpc) is 3.63. The molecule has 2 aliphatic heterocycles. The van der Waals surface area contributed by atoms with Gasteiger partial charge in [0.15, 0.2) is 5.75 Å². The van der Waals surface area contributed by atoms with E-state index in [2.05, 4.69) is 19.6 Å². The number of benzene rings is 1. The SMILES string of the molecule is Cc1noc(C)c1-c1ccc2nc(N3CCC(N(C)C(=O)CC#N)C3)n3c2c1OCC3c1ccccn1. The lowest BCUT2D eigenvalue weighted by atomic mass is 10.0. The largest absolute Gasteiger partial charge is 0.488 e. The molecule has 0 saturated carbocycles. The number of carbonyl (C=O) groups is 1. The minimum atomic E-state index is -0.161. The molecule has 1 aromatic carbocycles. The van der Waals surface area contributed by atoms with Crippen molar-refractivity contribution in [3.8, 4) is 22.9 Å². The molecule has 3 aromatic heterocycles. The number of aryl methyl sites for hydroxylation is 2. The summed E-state index contributed by atoms with van der Waals surface area (Å²) in [6.07, 6.45) is 2.48. The molecule has 0 radical (unpaired) electrons. The molecule has 1 amide bonds. The first-order chi connectivity index (χ1) is 18.0. The second-order valence-corrected chi connectivity index (χ2v) is 9.60. The average molecular weight is 498 g/mol. The van der Waals surface area contributed by atoms with E-state index in [1.54, 1.807) is 18.1 Å². The predicted molar refractivity (Wildman–Crippen MR) is 136 cm³/mol. The summed E-state index contributed by atoms with van der Waals surface area (Å²) in [4.78, 5) is 26.0. The van der Waals surface area contributed by atoms with Crippen LogP contribution in [-0.4, -0.2) is 63.3 Å². The minimum absolute atomic E-state index is 0.0129. The second kappa shape index (κ2) is 8.92. The minimum Gasteiger partial charge on any atom is -0.488 e. The number of hydrogen-bond donors (Lipinski definition) is 0. The van der Waals surface area contributed by atoms with Crippen molar-refractivity contribution in [1.29, 1.82) is 5.26 Å². The number of carbonyl (C=O) groups excluding carboxylic acids is 1. The van der Waals surface area contributed by atoms with E-state index in [1.165, 1.54) is 0 Å². The van der Waals surface area contributed by atoms with Gasteiger partial charge in [-0.15, -0.1) is 0 Å². The van der Waals surface area contributed by atoms with E-state index in [0.29, 0.717) is 13.2 Å². The van der Waals surface area contributed by atoms with Crippen LogP contribution in [0.1, 0.15) is 36.0 Å². The summed E-state index contributed by atoms with van der Waals surface area (Å²) in [6.45, 7) is 5.63. The first-order valence-electron chi connectivity index (χ1n) is 12.4. The number of aromatic nitrogens is 4. The number of pyridine rings is 1. The molecule has 188 valence electrons. The Hall–Kier alpha value is -4.39. The van der Waals surface area contributed by atoms with E-state index in [-0.39, 0.29) is 24.4 Å². The quantitative estimate of drug-likeness (QED) is 0.411. The first-order valence-corrected chi connectivity index (χ1v) is 12.4. The molecular formula is C27H27N7O3. The summed E-state index contributed by atoms with van der Waals surface area (Å²) >= 11 is 0. The Balaban J connectivity index is 1.48. The number of nitriles is 1. The zero-order valence-electron chi connectivity index (χ0n) is 21.0. The molecule has 10 heteroatoms. The first kappa shape index (κ1) is 23.0. The molecule has 5 heterocycles. The van der Waals surface area contributed by atoms with Gasteiger partial charge < -0.3 is 19.1 Å². The molecule has 37 heavy (non-hydrogen) atoms. The smallest absolute Gasteiger partial charge is 0.236 e. The molecule has 0 N–H and O–H groups in total. The lowest BCUT2D eigenvalue weighted by Crippen LogP contribution is -2.39. The number of amides is 1. The highest BCUT2D eigenvalue weighted by molar-refractivity contribution is 5.94. The lowest BCUT2D eigenvalue weighted by Gasteiger charge is -2.30. The van der Waals surface area contributed by atoms with Gasteiger partial charge in [0, 0.05) is 31.9 Å². The van der Waals surface area contributed by atoms with Gasteiger partial charge in [0.2, 0.25) is 11.9 Å². The van der Waals surface area contributed by atoms with Crippen molar-refractivity contribution in [2.45, 2.75) is 38.8 Å². The van der Waals surface area contributed by atoms with E-state index >= 15 is 0 Å². The zero-order valence-corrected chi connectivity index (χ0v) is 21.0. The summed E-state index contributed by atoms with van der Waals surface area (Å²) in [7, 11) is 1.78. The van der Waals surface area contributed by atoms with Crippen LogP contribution in [0.25, 0.3) is 22.2 Å². The molecule has 0 spiro atoms. The van der Waals surface area contributed by atoms with Crippen molar-refractivity contribution < 1.29 is 14.1 Å². The summed E-state index contributed by atoms with van der Waals surface area (Å²) in [5.41, 5.74) is 5.31. The van der Waals surface area contributed by atoms with Crippen LogP contribution in [0.3, 0.4) is 0 Å². The molecule has 4 aromatic rings. The Kier molecular flexibility index (Phi) is 5.56. The maximum Gasteiger partial charge on any atom is 0.236 e. The molecule has 2 aliphatic rings. The van der Waals surface area contributed by atoms with Crippen LogP contribution >= 0.6 is 0 Å². The summed E-state index contributed by atoms with van der Waals surface area (Å²) in [5, 5.41) is 13.1. The molecule has 1 fully saturated rings. The van der Waals surface area contributed by atoms with Crippen LogP contribution < -0.4 is 9.64 Å². The normalized spacial score (nSPS) is 18.6. The van der Waals surface area contributed by atoms with Crippen LogP contribution in [0, 0.1) is 25.2 Å². The molecule has 0 aliphatic carbocycles. The van der Waals surface area contributed by atoms with Crippen molar-refractivity contribution >= 4 is 22.9 Å². The van der Waals surface area contributed by atoms with Crippen molar-refractivity contribution in [3.05, 3.63) is 53.7 Å². The van der Waals surface area contributed by atoms with Crippen LogP contribution in [-0.2, 0) is 4.79 Å². The van der Waals surface area contributed by atoms with Gasteiger partial charge in [0.25, 0.3) is 0 Å². The summed E-state index contributed by atoms with van der Waals surface area (Å²) < 4.78 is 14.1. The standard InChI is InChI=1S/C27H27N7O3/c1-16-24(17(2)37-31-16)19-7-8-21-25-26(19)36-15-22(20-6-4-5-12-29-20)34(25)27(30-21)33-13-10-18(14-33)32(3)23(35)9-11-28/h4-8,12,18,22H,9-10,13-15H2,1-3H3. The third-order valence-corrected chi connectivity index (χ3v) is 7.43. The number of likely N-dealkylation sites (N-methyl/N-ethyl adjacent to an activating group) is 1. The number of hydrogen-bond acceptors (Lipinski definition) is 8. The topological polar surface area (TPSA) is 113 Å². The second-order valence-electron chi connectivity index (χ2n) is 9.60. The van der Waals surface area contributed by atoms with Gasteiger partial charge in [0.05, 0.1) is 34.6 Å². The Labute approximate surface area is 214 Å². The number of imidazole rings is 1. The fourth-order valence-electron chi connectivity index (χ4n) is 5.54. The zero-order chi connectivity index (χ0) is 25.7. The molecule has 0 bridgehead atoms. The van der Waals surface area contributed by atoms with Gasteiger partial charge in [-0.25, -0.2) is 4.98 Å². The fraction of sp³-hybridized carbons (Fsp3) is 0.370. The van der Waals surface area contributed by atoms with Crippen molar-refractivity contribution in [3.63, 3.8) is 0 Å². The molecule has 2 unspecified atom stereocenters. The number of anilines is 1. The Bertz CT molecular complexity index is 1520. The van der Waals surface area contributed by atoms with E-state index in [4.69, 9.17) is 19.5 Å². The van der Waals surface area contributed by atoms with Crippen LogP contribution in [0.5, 0.6) is 5.75 Å². The maximum atomic E-state index is 12.4. The maximum absolute atomic E-state index is 12.4. The molecule has 10 nitrogen and oxygen atoms in total.